The Morgan fingerprint density at radius 1 is 1.20 bits per heavy atom. The van der Waals surface area contributed by atoms with Gasteiger partial charge in [0.2, 0.25) is 0 Å². The molecule has 0 aliphatic carbocycles. The van der Waals surface area contributed by atoms with Gasteiger partial charge >= 0.3 is 6.18 Å². The Morgan fingerprint density at radius 2 is 1.85 bits per heavy atom. The zero-order chi connectivity index (χ0) is 14.8. The quantitative estimate of drug-likeness (QED) is 0.920. The first-order chi connectivity index (χ1) is 9.40. The summed E-state index contributed by atoms with van der Waals surface area (Å²) in [4.78, 5) is 0. The largest absolute Gasteiger partial charge is 0.435 e. The molecule has 2 rings (SSSR count). The van der Waals surface area contributed by atoms with Crippen molar-refractivity contribution in [2.24, 2.45) is 0 Å². The van der Waals surface area contributed by atoms with E-state index in [9.17, 15) is 13.2 Å². The molecule has 0 spiro atoms. The van der Waals surface area contributed by atoms with E-state index < -0.39 is 11.9 Å². The van der Waals surface area contributed by atoms with Gasteiger partial charge in [0.05, 0.1) is 6.54 Å². The van der Waals surface area contributed by atoms with Crippen LogP contribution in [0, 0.1) is 0 Å². The van der Waals surface area contributed by atoms with E-state index in [4.69, 9.17) is 5.11 Å². The van der Waals surface area contributed by atoms with Crippen molar-refractivity contribution >= 4 is 15.9 Å². The number of aromatic nitrogens is 2. The van der Waals surface area contributed by atoms with Crippen LogP contribution in [0.25, 0.3) is 0 Å². The molecule has 0 saturated heterocycles. The van der Waals surface area contributed by atoms with Gasteiger partial charge in [0.15, 0.2) is 5.69 Å². The topological polar surface area (TPSA) is 38.0 Å². The van der Waals surface area contributed by atoms with Crippen LogP contribution in [0.5, 0.6) is 0 Å². The maximum atomic E-state index is 12.8. The molecular weight excluding hydrogens is 337 g/mol. The Balaban J connectivity index is 2.26. The van der Waals surface area contributed by atoms with Crippen LogP contribution in [0.2, 0.25) is 0 Å². The molecule has 0 radical (unpaired) electrons. The van der Waals surface area contributed by atoms with E-state index in [2.05, 4.69) is 21.0 Å². The summed E-state index contributed by atoms with van der Waals surface area (Å²) in [6, 6.07) is 7.26. The number of aliphatic hydroxyl groups is 1. The number of aliphatic hydroxyl groups excluding tert-OH is 1. The predicted octanol–water partition coefficient (Wildman–Crippen LogP) is 3.25. The maximum Gasteiger partial charge on any atom is 0.435 e. The summed E-state index contributed by atoms with van der Waals surface area (Å²) < 4.78 is 40.6. The van der Waals surface area contributed by atoms with Crippen LogP contribution in [0.4, 0.5) is 13.2 Å². The average molecular weight is 349 g/mol. The van der Waals surface area contributed by atoms with E-state index in [-0.39, 0.29) is 25.1 Å². The highest BCUT2D eigenvalue weighted by Gasteiger charge is 2.36. The number of halogens is 4. The van der Waals surface area contributed by atoms with E-state index in [1.165, 1.54) is 10.9 Å². The van der Waals surface area contributed by atoms with Gasteiger partial charge < -0.3 is 5.11 Å². The summed E-state index contributed by atoms with van der Waals surface area (Å²) in [6.07, 6.45) is -3.23. The van der Waals surface area contributed by atoms with Gasteiger partial charge in [-0.05, 0) is 24.1 Å². The summed E-state index contributed by atoms with van der Waals surface area (Å²) in [5.41, 5.74) is -0.0688. The van der Waals surface area contributed by atoms with Gasteiger partial charge in [-0.15, -0.1) is 0 Å². The molecule has 7 heteroatoms. The van der Waals surface area contributed by atoms with Crippen molar-refractivity contribution in [2.75, 3.05) is 6.61 Å². The fourth-order valence-electron chi connectivity index (χ4n) is 1.86. The zero-order valence-corrected chi connectivity index (χ0v) is 11.9. The number of benzene rings is 1. The van der Waals surface area contributed by atoms with Gasteiger partial charge in [0.1, 0.15) is 0 Å². The van der Waals surface area contributed by atoms with Crippen molar-refractivity contribution in [3.05, 3.63) is 51.8 Å². The molecule has 3 nitrogen and oxygen atoms in total. The molecule has 20 heavy (non-hydrogen) atoms. The average Bonchev–Trinajstić information content (AvgIpc) is 2.75. The van der Waals surface area contributed by atoms with Gasteiger partial charge in [0.25, 0.3) is 0 Å². The summed E-state index contributed by atoms with van der Waals surface area (Å²) in [7, 11) is 0. The van der Waals surface area contributed by atoms with Gasteiger partial charge in [-0.25, -0.2) is 0 Å². The molecular formula is C13H12BrF3N2O. The second-order valence-electron chi connectivity index (χ2n) is 4.30. The third kappa shape index (κ3) is 3.61. The van der Waals surface area contributed by atoms with Crippen LogP contribution in [-0.2, 0) is 19.1 Å². The maximum absolute atomic E-state index is 12.8. The number of alkyl halides is 3. The van der Waals surface area contributed by atoms with Gasteiger partial charge in [0, 0.05) is 22.8 Å². The monoisotopic (exact) mass is 348 g/mol. The smallest absolute Gasteiger partial charge is 0.396 e. The normalized spacial score (nSPS) is 11.8. The molecule has 0 atom stereocenters. The van der Waals surface area contributed by atoms with Crippen LogP contribution in [0.1, 0.15) is 16.8 Å². The molecule has 1 aromatic carbocycles. The molecule has 0 unspecified atom stereocenters. The van der Waals surface area contributed by atoms with Crippen LogP contribution in [-0.4, -0.2) is 21.5 Å². The van der Waals surface area contributed by atoms with Crippen LogP contribution in [0.15, 0.2) is 34.9 Å². The first-order valence-corrected chi connectivity index (χ1v) is 6.68. The second kappa shape index (κ2) is 5.97. The fourth-order valence-corrected chi connectivity index (χ4v) is 2.13. The van der Waals surface area contributed by atoms with Crippen molar-refractivity contribution < 1.29 is 18.3 Å². The number of hydrogen-bond acceptors (Lipinski definition) is 2. The lowest BCUT2D eigenvalue weighted by atomic mass is 10.2. The Labute approximate surface area is 122 Å². The minimum Gasteiger partial charge on any atom is -0.396 e. The first-order valence-electron chi connectivity index (χ1n) is 5.89. The van der Waals surface area contributed by atoms with Crippen molar-refractivity contribution in [3.63, 3.8) is 0 Å². The second-order valence-corrected chi connectivity index (χ2v) is 5.21. The highest BCUT2D eigenvalue weighted by atomic mass is 79.9. The van der Waals surface area contributed by atoms with Crippen molar-refractivity contribution in [2.45, 2.75) is 19.1 Å². The lowest BCUT2D eigenvalue weighted by Crippen LogP contribution is -2.10. The number of hydrogen-bond donors (Lipinski definition) is 1. The standard InChI is InChI=1S/C13H12BrF3N2O/c14-11-3-1-9(2-4-11)7-19-8-10(5-6-20)12(18-19)13(15,16)17/h1-4,8,20H,5-7H2. The predicted molar refractivity (Wildman–Crippen MR) is 71.3 cm³/mol. The lowest BCUT2D eigenvalue weighted by molar-refractivity contribution is -0.142. The minimum atomic E-state index is -4.50. The van der Waals surface area contributed by atoms with E-state index in [0.29, 0.717) is 0 Å². The van der Waals surface area contributed by atoms with Gasteiger partial charge in [-0.3, -0.25) is 4.68 Å². The molecule has 0 saturated carbocycles. The third-order valence-corrected chi connectivity index (χ3v) is 3.27. The summed E-state index contributed by atoms with van der Waals surface area (Å²) in [6.45, 7) is -0.0884. The first kappa shape index (κ1) is 15.1. The van der Waals surface area contributed by atoms with E-state index in [1.807, 2.05) is 24.3 Å². The third-order valence-electron chi connectivity index (χ3n) is 2.74. The number of rotatable bonds is 4. The van der Waals surface area contributed by atoms with Crippen molar-refractivity contribution in [3.8, 4) is 0 Å². The Hall–Kier alpha value is -1.34. The summed E-state index contributed by atoms with van der Waals surface area (Å²) in [5.74, 6) is 0. The molecule has 1 N–H and O–H groups in total. The molecule has 0 amide bonds. The van der Waals surface area contributed by atoms with E-state index >= 15 is 0 Å². The zero-order valence-electron chi connectivity index (χ0n) is 10.4. The summed E-state index contributed by atoms with van der Waals surface area (Å²) in [5, 5.41) is 12.4. The highest BCUT2D eigenvalue weighted by molar-refractivity contribution is 9.10. The molecule has 0 aliphatic rings. The van der Waals surface area contributed by atoms with Crippen LogP contribution in [0.3, 0.4) is 0 Å². The Bertz CT molecular complexity index is 578. The van der Waals surface area contributed by atoms with Crippen LogP contribution >= 0.6 is 15.9 Å². The number of nitrogens with zero attached hydrogens (tertiary/aromatic N) is 2. The molecule has 2 aromatic rings. The molecule has 0 aliphatic heterocycles. The molecule has 1 heterocycles. The van der Waals surface area contributed by atoms with E-state index in [0.717, 1.165) is 10.0 Å². The van der Waals surface area contributed by atoms with Crippen LogP contribution < -0.4 is 0 Å². The Kier molecular flexibility index (Phi) is 4.49. The van der Waals surface area contributed by atoms with Gasteiger partial charge in [-0.1, -0.05) is 28.1 Å². The van der Waals surface area contributed by atoms with Gasteiger partial charge in [-0.2, -0.15) is 18.3 Å². The summed E-state index contributed by atoms with van der Waals surface area (Å²) >= 11 is 3.29. The molecule has 1 aromatic heterocycles. The Morgan fingerprint density at radius 3 is 2.40 bits per heavy atom. The molecule has 108 valence electrons. The minimum absolute atomic E-state index is 0.0112. The molecule has 0 fully saturated rings. The SMILES string of the molecule is OCCc1cn(Cc2ccc(Br)cc2)nc1C(F)(F)F. The van der Waals surface area contributed by atoms with E-state index in [1.54, 1.807) is 0 Å². The fraction of sp³-hybridized carbons (Fsp3) is 0.308. The van der Waals surface area contributed by atoms with Crippen molar-refractivity contribution in [1.82, 2.24) is 9.78 Å². The lowest BCUT2D eigenvalue weighted by Gasteiger charge is -2.04. The molecule has 0 bridgehead atoms. The highest BCUT2D eigenvalue weighted by Crippen LogP contribution is 2.31. The van der Waals surface area contributed by atoms with Crippen molar-refractivity contribution in [1.29, 1.82) is 0 Å².